The van der Waals surface area contributed by atoms with E-state index >= 15 is 0 Å². The van der Waals surface area contributed by atoms with Crippen LogP contribution < -0.4 is 5.73 Å². The molecule has 0 aromatic rings. The molecule has 0 aromatic carbocycles. The van der Waals surface area contributed by atoms with Crippen molar-refractivity contribution in [2.45, 2.75) is 199 Å². The summed E-state index contributed by atoms with van der Waals surface area (Å²) in [5.74, 6) is -1.23. The monoisotopic (exact) mass is 590 g/mol. The Balaban J connectivity index is 3.64. The molecule has 0 radical (unpaired) electrons. The predicted molar refractivity (Wildman–Crippen MR) is 175 cm³/mol. The normalized spacial score (nSPS) is 12.8. The van der Waals surface area contributed by atoms with E-state index in [1.165, 1.54) is 154 Å². The van der Waals surface area contributed by atoms with E-state index in [1.54, 1.807) is 0 Å². The summed E-state index contributed by atoms with van der Waals surface area (Å²) in [5, 5.41) is 10.2. The Hall–Kier alpha value is 0.0700. The van der Waals surface area contributed by atoms with Crippen LogP contribution in [0.2, 0.25) is 0 Å². The van der Waals surface area contributed by atoms with Crippen molar-refractivity contribution in [3.63, 3.8) is 0 Å². The highest BCUT2D eigenvalue weighted by Gasteiger charge is 2.33. The third-order valence-electron chi connectivity index (χ3n) is 8.11. The van der Waals surface area contributed by atoms with Crippen LogP contribution in [0.1, 0.15) is 194 Å². The van der Waals surface area contributed by atoms with Crippen LogP contribution in [0.25, 0.3) is 0 Å². The van der Waals surface area contributed by atoms with Crippen LogP contribution in [0.5, 0.6) is 0 Å². The molecule has 0 heterocycles. The number of nitrogens with two attached hydrogens (primary N) is 1. The fraction of sp³-hybridized carbons (Fsp3) is 1.00. The SMILES string of the molecule is CCCCCCCCCCCCCCCCOP(=O)(OCCCCCCCCCCCCCCCC)C(O)CN. The topological polar surface area (TPSA) is 81.8 Å². The molecule has 0 aliphatic rings. The number of rotatable bonds is 34. The van der Waals surface area contributed by atoms with Crippen molar-refractivity contribution < 1.29 is 18.7 Å². The van der Waals surface area contributed by atoms with Gasteiger partial charge in [-0.05, 0) is 12.8 Å². The van der Waals surface area contributed by atoms with Gasteiger partial charge in [-0.15, -0.1) is 0 Å². The molecule has 3 N–H and O–H groups in total. The minimum Gasteiger partial charge on any atom is -0.379 e. The van der Waals surface area contributed by atoms with Gasteiger partial charge in [-0.2, -0.15) is 0 Å². The highest BCUT2D eigenvalue weighted by molar-refractivity contribution is 7.54. The Labute approximate surface area is 251 Å². The lowest BCUT2D eigenvalue weighted by molar-refractivity contribution is 0.141. The van der Waals surface area contributed by atoms with E-state index in [9.17, 15) is 9.67 Å². The second-order valence-electron chi connectivity index (χ2n) is 12.1. The fourth-order valence-electron chi connectivity index (χ4n) is 5.32. The second kappa shape index (κ2) is 32.0. The molecule has 0 bridgehead atoms. The van der Waals surface area contributed by atoms with Gasteiger partial charge in [0.05, 0.1) is 13.2 Å². The maximum atomic E-state index is 13.0. The van der Waals surface area contributed by atoms with Crippen LogP contribution in [0, 0.1) is 0 Å². The van der Waals surface area contributed by atoms with Crippen LogP contribution in [0.4, 0.5) is 0 Å². The first-order valence-corrected chi connectivity index (χ1v) is 19.5. The molecule has 5 nitrogen and oxygen atoms in total. The van der Waals surface area contributed by atoms with Crippen molar-refractivity contribution in [2.24, 2.45) is 5.73 Å². The number of hydrogen-bond acceptors (Lipinski definition) is 5. The molecule has 0 saturated heterocycles. The summed E-state index contributed by atoms with van der Waals surface area (Å²) in [5.41, 5.74) is 5.59. The van der Waals surface area contributed by atoms with E-state index in [1.807, 2.05) is 0 Å². The van der Waals surface area contributed by atoms with Gasteiger partial charge in [-0.1, -0.05) is 181 Å². The summed E-state index contributed by atoms with van der Waals surface area (Å²) in [6.07, 6.45) is 36.2. The van der Waals surface area contributed by atoms with E-state index in [2.05, 4.69) is 13.8 Å². The van der Waals surface area contributed by atoms with Crippen molar-refractivity contribution in [1.82, 2.24) is 0 Å². The van der Waals surface area contributed by atoms with Crippen LogP contribution in [0.15, 0.2) is 0 Å². The van der Waals surface area contributed by atoms with Crippen molar-refractivity contribution in [3.8, 4) is 0 Å². The second-order valence-corrected chi connectivity index (χ2v) is 14.3. The first-order chi connectivity index (χ1) is 19.6. The quantitative estimate of drug-likeness (QED) is 0.0576. The predicted octanol–water partition coefficient (Wildman–Crippen LogP) is 11.5. The zero-order valence-corrected chi connectivity index (χ0v) is 28.1. The number of aliphatic hydroxyl groups is 1. The lowest BCUT2D eigenvalue weighted by Gasteiger charge is -2.22. The molecule has 1 atom stereocenters. The van der Waals surface area contributed by atoms with Gasteiger partial charge in [-0.3, -0.25) is 4.57 Å². The molecular weight excluding hydrogens is 517 g/mol. The molecule has 0 fully saturated rings. The molecular formula is C34H72NO4P. The molecule has 0 aliphatic heterocycles. The minimum absolute atomic E-state index is 0.102. The summed E-state index contributed by atoms with van der Waals surface area (Å²) < 4.78 is 24.3. The van der Waals surface area contributed by atoms with E-state index in [0.717, 1.165) is 25.7 Å². The van der Waals surface area contributed by atoms with Gasteiger partial charge in [0.15, 0.2) is 5.85 Å². The largest absolute Gasteiger partial charge is 0.379 e. The molecule has 0 aromatic heterocycles. The van der Waals surface area contributed by atoms with Crippen LogP contribution >= 0.6 is 7.60 Å². The molecule has 0 spiro atoms. The standard InChI is InChI=1S/C34H72NO4P/c1-3-5-7-9-11-13-15-17-19-21-23-25-27-29-31-38-40(37,34(36)33-35)39-32-30-28-26-24-22-20-18-16-14-12-10-8-6-4-2/h34,36H,3-33,35H2,1-2H3. The zero-order chi connectivity index (χ0) is 29.4. The highest BCUT2D eigenvalue weighted by Crippen LogP contribution is 2.52. The van der Waals surface area contributed by atoms with Gasteiger partial charge in [0.1, 0.15) is 0 Å². The number of aliphatic hydroxyl groups excluding tert-OH is 1. The van der Waals surface area contributed by atoms with Gasteiger partial charge in [0, 0.05) is 6.54 Å². The van der Waals surface area contributed by atoms with E-state index in [4.69, 9.17) is 14.8 Å². The molecule has 242 valence electrons. The van der Waals surface area contributed by atoms with Crippen molar-refractivity contribution in [1.29, 1.82) is 0 Å². The Morgan fingerprint density at radius 3 is 0.925 bits per heavy atom. The summed E-state index contributed by atoms with van der Waals surface area (Å²) in [6, 6.07) is 0. The third kappa shape index (κ3) is 26.9. The summed E-state index contributed by atoms with van der Waals surface area (Å²) in [7, 11) is -3.55. The van der Waals surface area contributed by atoms with Crippen LogP contribution in [-0.4, -0.2) is 30.7 Å². The maximum absolute atomic E-state index is 13.0. The lowest BCUT2D eigenvalue weighted by atomic mass is 10.0. The summed E-state index contributed by atoms with van der Waals surface area (Å²) >= 11 is 0. The fourth-order valence-corrected chi connectivity index (χ4v) is 6.76. The summed E-state index contributed by atoms with van der Waals surface area (Å²) in [6.45, 7) is 5.17. The number of unbranched alkanes of at least 4 members (excludes halogenated alkanes) is 26. The molecule has 6 heteroatoms. The molecule has 0 rings (SSSR count). The average Bonchev–Trinajstić information content (AvgIpc) is 2.96. The average molecular weight is 590 g/mol. The Kier molecular flexibility index (Phi) is 32.0. The Bertz CT molecular complexity index is 496. The molecule has 1 unspecified atom stereocenters. The number of hydrogen-bond donors (Lipinski definition) is 2. The van der Waals surface area contributed by atoms with Crippen molar-refractivity contribution in [2.75, 3.05) is 19.8 Å². The van der Waals surface area contributed by atoms with Crippen molar-refractivity contribution in [3.05, 3.63) is 0 Å². The van der Waals surface area contributed by atoms with Gasteiger partial charge < -0.3 is 19.9 Å². The van der Waals surface area contributed by atoms with Gasteiger partial charge in [-0.25, -0.2) is 0 Å². The molecule has 0 saturated carbocycles. The molecule has 0 aliphatic carbocycles. The minimum atomic E-state index is -3.55. The maximum Gasteiger partial charge on any atom is 0.360 e. The van der Waals surface area contributed by atoms with E-state index < -0.39 is 13.4 Å². The Morgan fingerprint density at radius 1 is 0.475 bits per heavy atom. The van der Waals surface area contributed by atoms with Crippen LogP contribution in [-0.2, 0) is 13.6 Å². The smallest absolute Gasteiger partial charge is 0.360 e. The van der Waals surface area contributed by atoms with Crippen LogP contribution in [0.3, 0.4) is 0 Å². The first-order valence-electron chi connectivity index (χ1n) is 17.9. The van der Waals surface area contributed by atoms with E-state index in [-0.39, 0.29) is 6.54 Å². The molecule has 40 heavy (non-hydrogen) atoms. The van der Waals surface area contributed by atoms with Gasteiger partial charge >= 0.3 is 7.60 Å². The van der Waals surface area contributed by atoms with Gasteiger partial charge in [0.2, 0.25) is 0 Å². The van der Waals surface area contributed by atoms with Crippen molar-refractivity contribution >= 4 is 7.60 Å². The first kappa shape index (κ1) is 40.1. The molecule has 0 amide bonds. The Morgan fingerprint density at radius 2 is 0.700 bits per heavy atom. The van der Waals surface area contributed by atoms with Gasteiger partial charge in [0.25, 0.3) is 0 Å². The highest BCUT2D eigenvalue weighted by atomic mass is 31.2. The summed E-state index contributed by atoms with van der Waals surface area (Å²) in [4.78, 5) is 0. The zero-order valence-electron chi connectivity index (χ0n) is 27.2. The third-order valence-corrected chi connectivity index (χ3v) is 10.1. The van der Waals surface area contributed by atoms with E-state index in [0.29, 0.717) is 13.2 Å². The lowest BCUT2D eigenvalue weighted by Crippen LogP contribution is -2.23.